The van der Waals surface area contributed by atoms with Crippen LogP contribution in [0, 0.1) is 0 Å². The van der Waals surface area contributed by atoms with E-state index in [-0.39, 0.29) is 11.3 Å². The van der Waals surface area contributed by atoms with E-state index in [1.807, 2.05) is 24.3 Å². The second-order valence-electron chi connectivity index (χ2n) is 4.52. The normalized spacial score (nSPS) is 10.5. The number of hydrogen-bond acceptors (Lipinski definition) is 3. The average molecular weight is 281 g/mol. The van der Waals surface area contributed by atoms with Gasteiger partial charge in [0, 0.05) is 0 Å². The molecule has 3 aromatic rings. The number of amides is 1. The molecule has 0 saturated carbocycles. The predicted molar refractivity (Wildman–Crippen MR) is 77.6 cm³/mol. The molecule has 0 radical (unpaired) electrons. The molecule has 0 unspecified atom stereocenters. The molecule has 2 N–H and O–H groups in total. The number of hydrogen-bond donors (Lipinski definition) is 2. The minimum absolute atomic E-state index is 0.0468. The maximum atomic E-state index is 12.0. The summed E-state index contributed by atoms with van der Waals surface area (Å²) in [4.78, 5) is 23.4. The van der Waals surface area contributed by atoms with E-state index in [4.69, 9.17) is 4.42 Å². The van der Waals surface area contributed by atoms with Gasteiger partial charge in [0.15, 0.2) is 0 Å². The van der Waals surface area contributed by atoms with Crippen molar-refractivity contribution < 1.29 is 19.1 Å². The Labute approximate surface area is 119 Å². The first-order chi connectivity index (χ1) is 10.1. The molecule has 2 aromatic carbocycles. The van der Waals surface area contributed by atoms with Crippen LogP contribution >= 0.6 is 0 Å². The van der Waals surface area contributed by atoms with E-state index in [0.29, 0.717) is 5.56 Å². The van der Waals surface area contributed by atoms with Gasteiger partial charge in [-0.25, -0.2) is 4.79 Å². The highest BCUT2D eigenvalue weighted by Gasteiger charge is 2.15. The van der Waals surface area contributed by atoms with Gasteiger partial charge in [0.05, 0.1) is 23.1 Å². The number of carbonyl (C=O) groups excluding carboxylic acids is 1. The van der Waals surface area contributed by atoms with Gasteiger partial charge in [0.1, 0.15) is 6.26 Å². The molecule has 0 bridgehead atoms. The third-order valence-corrected chi connectivity index (χ3v) is 3.15. The molecule has 21 heavy (non-hydrogen) atoms. The summed E-state index contributed by atoms with van der Waals surface area (Å²) in [6.07, 6.45) is 2.68. The molecule has 3 rings (SSSR count). The Hall–Kier alpha value is -3.08. The number of benzene rings is 2. The molecule has 104 valence electrons. The van der Waals surface area contributed by atoms with Crippen molar-refractivity contribution in [3.8, 4) is 0 Å². The van der Waals surface area contributed by atoms with E-state index in [1.54, 1.807) is 12.1 Å². The van der Waals surface area contributed by atoms with Crippen LogP contribution in [0.5, 0.6) is 0 Å². The van der Waals surface area contributed by atoms with Gasteiger partial charge in [0.25, 0.3) is 5.91 Å². The summed E-state index contributed by atoms with van der Waals surface area (Å²) < 4.78 is 4.84. The smallest absolute Gasteiger partial charge is 0.337 e. The van der Waals surface area contributed by atoms with Crippen molar-refractivity contribution in [2.24, 2.45) is 0 Å². The zero-order valence-corrected chi connectivity index (χ0v) is 10.9. The maximum Gasteiger partial charge on any atom is 0.337 e. The van der Waals surface area contributed by atoms with Crippen LogP contribution in [-0.2, 0) is 0 Å². The second kappa shape index (κ2) is 5.13. The maximum absolute atomic E-state index is 12.0. The number of carbonyl (C=O) groups is 2. The van der Waals surface area contributed by atoms with Crippen LogP contribution in [0.3, 0.4) is 0 Å². The molecule has 0 atom stereocenters. The van der Waals surface area contributed by atoms with Gasteiger partial charge in [0.2, 0.25) is 0 Å². The van der Waals surface area contributed by atoms with Crippen molar-refractivity contribution in [2.45, 2.75) is 0 Å². The molecule has 0 aliphatic heterocycles. The van der Waals surface area contributed by atoms with Gasteiger partial charge in [-0.15, -0.1) is 0 Å². The number of furan rings is 1. The fourth-order valence-electron chi connectivity index (χ4n) is 2.11. The lowest BCUT2D eigenvalue weighted by Gasteiger charge is -2.09. The van der Waals surface area contributed by atoms with Crippen molar-refractivity contribution in [2.75, 3.05) is 5.32 Å². The quantitative estimate of drug-likeness (QED) is 0.771. The lowest BCUT2D eigenvalue weighted by Crippen LogP contribution is -2.14. The van der Waals surface area contributed by atoms with Gasteiger partial charge in [-0.2, -0.15) is 0 Å². The molecule has 0 fully saturated rings. The summed E-state index contributed by atoms with van der Waals surface area (Å²) in [5.74, 6) is -1.51. The van der Waals surface area contributed by atoms with Gasteiger partial charge >= 0.3 is 5.97 Å². The van der Waals surface area contributed by atoms with Crippen LogP contribution in [-0.4, -0.2) is 17.0 Å². The fourth-order valence-corrected chi connectivity index (χ4v) is 2.11. The van der Waals surface area contributed by atoms with E-state index >= 15 is 0 Å². The molecule has 0 spiro atoms. The van der Waals surface area contributed by atoms with Crippen molar-refractivity contribution in [1.29, 1.82) is 0 Å². The van der Waals surface area contributed by atoms with Crippen LogP contribution in [0.25, 0.3) is 10.8 Å². The molecule has 1 amide bonds. The number of anilines is 1. The van der Waals surface area contributed by atoms with Crippen molar-refractivity contribution in [3.63, 3.8) is 0 Å². The Morgan fingerprint density at radius 2 is 1.76 bits per heavy atom. The summed E-state index contributed by atoms with van der Waals surface area (Å²) in [6.45, 7) is 0. The van der Waals surface area contributed by atoms with Crippen LogP contribution in [0.2, 0.25) is 0 Å². The highest BCUT2D eigenvalue weighted by Crippen LogP contribution is 2.24. The van der Waals surface area contributed by atoms with Gasteiger partial charge in [-0.05, 0) is 29.0 Å². The lowest BCUT2D eigenvalue weighted by molar-refractivity contribution is 0.0698. The van der Waals surface area contributed by atoms with Crippen molar-refractivity contribution in [3.05, 3.63) is 66.1 Å². The van der Waals surface area contributed by atoms with Gasteiger partial charge in [-0.3, -0.25) is 4.79 Å². The van der Waals surface area contributed by atoms with Crippen LogP contribution in [0.4, 0.5) is 5.69 Å². The average Bonchev–Trinajstić information content (AvgIpc) is 3.00. The number of nitrogens with one attached hydrogen (secondary N) is 1. The van der Waals surface area contributed by atoms with E-state index in [2.05, 4.69) is 5.32 Å². The van der Waals surface area contributed by atoms with E-state index < -0.39 is 11.9 Å². The second-order valence-corrected chi connectivity index (χ2v) is 4.52. The first kappa shape index (κ1) is 12.9. The zero-order valence-electron chi connectivity index (χ0n) is 10.9. The van der Waals surface area contributed by atoms with Crippen LogP contribution < -0.4 is 5.32 Å². The minimum Gasteiger partial charge on any atom is -0.478 e. The summed E-state index contributed by atoms with van der Waals surface area (Å²) in [7, 11) is 0. The molecule has 1 aromatic heterocycles. The number of aromatic carboxylic acids is 1. The first-order valence-corrected chi connectivity index (χ1v) is 6.25. The van der Waals surface area contributed by atoms with E-state index in [1.165, 1.54) is 18.6 Å². The summed E-state index contributed by atoms with van der Waals surface area (Å²) >= 11 is 0. The molecular formula is C16H11NO4. The molecule has 5 heteroatoms. The minimum atomic E-state index is -1.09. The van der Waals surface area contributed by atoms with Gasteiger partial charge < -0.3 is 14.8 Å². The lowest BCUT2D eigenvalue weighted by atomic mass is 10.0. The molecule has 0 saturated heterocycles. The Morgan fingerprint density at radius 1 is 1.05 bits per heavy atom. The van der Waals surface area contributed by atoms with Gasteiger partial charge in [-0.1, -0.05) is 24.3 Å². The Morgan fingerprint density at radius 3 is 2.38 bits per heavy atom. The summed E-state index contributed by atoms with van der Waals surface area (Å²) in [5.41, 5.74) is 0.637. The van der Waals surface area contributed by atoms with E-state index in [9.17, 15) is 14.7 Å². The number of carboxylic acid groups (broad SMARTS) is 1. The largest absolute Gasteiger partial charge is 0.478 e. The Kier molecular flexibility index (Phi) is 3.16. The molecule has 1 heterocycles. The first-order valence-electron chi connectivity index (χ1n) is 6.25. The van der Waals surface area contributed by atoms with Crippen LogP contribution in [0.1, 0.15) is 20.7 Å². The SMILES string of the molecule is O=C(Nc1cc2ccccc2cc1C(=O)O)c1ccoc1. The topological polar surface area (TPSA) is 79.5 Å². The third kappa shape index (κ3) is 2.49. The highest BCUT2D eigenvalue weighted by molar-refractivity contribution is 6.09. The summed E-state index contributed by atoms with van der Waals surface area (Å²) in [6, 6.07) is 12.1. The predicted octanol–water partition coefficient (Wildman–Crippen LogP) is 3.38. The molecule has 0 aliphatic carbocycles. The zero-order chi connectivity index (χ0) is 14.8. The highest BCUT2D eigenvalue weighted by atomic mass is 16.4. The summed E-state index contributed by atoms with van der Waals surface area (Å²) in [5, 5.41) is 13.6. The fraction of sp³-hybridized carbons (Fsp3) is 0. The van der Waals surface area contributed by atoms with Crippen LogP contribution in [0.15, 0.2) is 59.4 Å². The molecular weight excluding hydrogens is 270 g/mol. The monoisotopic (exact) mass is 281 g/mol. The van der Waals surface area contributed by atoms with E-state index in [0.717, 1.165) is 10.8 Å². The number of rotatable bonds is 3. The standard InChI is InChI=1S/C16H11NO4/c18-15(12-5-6-21-9-12)17-14-8-11-4-2-1-3-10(11)7-13(14)16(19)20/h1-9H,(H,17,18)(H,19,20). The molecule has 5 nitrogen and oxygen atoms in total. The third-order valence-electron chi connectivity index (χ3n) is 3.15. The van der Waals surface area contributed by atoms with Crippen molar-refractivity contribution in [1.82, 2.24) is 0 Å². The Bertz CT molecular complexity index is 821. The number of carboxylic acids is 1. The number of fused-ring (bicyclic) bond motifs is 1. The van der Waals surface area contributed by atoms with Crippen molar-refractivity contribution >= 4 is 28.3 Å². The molecule has 0 aliphatic rings. The Balaban J connectivity index is 2.05.